The summed E-state index contributed by atoms with van der Waals surface area (Å²) < 4.78 is 47.5. The quantitative estimate of drug-likeness (QED) is 0.742. The molecular weight excluding hydrogens is 389 g/mol. The van der Waals surface area contributed by atoms with Crippen molar-refractivity contribution in [1.82, 2.24) is 5.32 Å². The van der Waals surface area contributed by atoms with E-state index in [4.69, 9.17) is 4.74 Å². The number of nitrogens with one attached hydrogen (secondary N) is 1. The maximum atomic E-state index is 14.0. The van der Waals surface area contributed by atoms with Crippen LogP contribution in [0.2, 0.25) is 0 Å². The fourth-order valence-electron chi connectivity index (χ4n) is 5.42. The van der Waals surface area contributed by atoms with Crippen LogP contribution < -0.4 is 15.0 Å². The number of nitrogens with zero attached hydrogens (tertiary/aromatic N) is 1. The minimum Gasteiger partial charge on any atom is -0.491 e. The van der Waals surface area contributed by atoms with Crippen LogP contribution in [-0.2, 0) is 12.6 Å². The number of anilines is 1. The molecule has 30 heavy (non-hydrogen) atoms. The van der Waals surface area contributed by atoms with Gasteiger partial charge in [-0.1, -0.05) is 6.07 Å². The van der Waals surface area contributed by atoms with E-state index in [9.17, 15) is 13.2 Å². The fourth-order valence-corrected chi connectivity index (χ4v) is 5.42. The number of hydrogen-bond acceptors (Lipinski definition) is 3. The molecule has 0 radical (unpaired) electrons. The van der Waals surface area contributed by atoms with Crippen LogP contribution in [-0.4, -0.2) is 32.3 Å². The summed E-state index contributed by atoms with van der Waals surface area (Å²) in [6, 6.07) is 8.38. The zero-order valence-electron chi connectivity index (χ0n) is 17.4. The maximum Gasteiger partial charge on any atom is 0.417 e. The van der Waals surface area contributed by atoms with Gasteiger partial charge in [0.25, 0.3) is 0 Å². The normalized spacial score (nSPS) is 22.8. The second-order valence-corrected chi connectivity index (χ2v) is 9.02. The van der Waals surface area contributed by atoms with Crippen molar-refractivity contribution in [2.75, 3.05) is 31.1 Å². The van der Waals surface area contributed by atoms with E-state index >= 15 is 0 Å². The van der Waals surface area contributed by atoms with Crippen molar-refractivity contribution in [1.29, 1.82) is 0 Å². The van der Waals surface area contributed by atoms with Crippen molar-refractivity contribution in [2.45, 2.75) is 44.9 Å². The van der Waals surface area contributed by atoms with Crippen molar-refractivity contribution >= 4 is 5.69 Å². The van der Waals surface area contributed by atoms with Crippen LogP contribution in [0.3, 0.4) is 0 Å². The lowest BCUT2D eigenvalue weighted by Crippen LogP contribution is -2.41. The van der Waals surface area contributed by atoms with E-state index in [2.05, 4.69) is 10.2 Å². The largest absolute Gasteiger partial charge is 0.491 e. The lowest BCUT2D eigenvalue weighted by Gasteiger charge is -2.42. The molecular formula is C24H27F3N2O. The maximum absolute atomic E-state index is 14.0. The number of alkyl halides is 3. The van der Waals surface area contributed by atoms with Crippen molar-refractivity contribution in [3.63, 3.8) is 0 Å². The van der Waals surface area contributed by atoms with E-state index < -0.39 is 11.7 Å². The molecule has 2 aromatic rings. The third-order valence-corrected chi connectivity index (χ3v) is 6.58. The Balaban J connectivity index is 1.66. The molecule has 1 saturated heterocycles. The number of rotatable bonds is 3. The van der Waals surface area contributed by atoms with Crippen LogP contribution in [0.25, 0.3) is 11.1 Å². The van der Waals surface area contributed by atoms with Gasteiger partial charge in [-0.3, -0.25) is 0 Å². The summed E-state index contributed by atoms with van der Waals surface area (Å²) in [6.07, 6.45) is -2.65. The van der Waals surface area contributed by atoms with Crippen molar-refractivity contribution in [3.8, 4) is 16.9 Å². The van der Waals surface area contributed by atoms with E-state index in [1.165, 1.54) is 16.8 Å². The van der Waals surface area contributed by atoms with E-state index in [0.717, 1.165) is 45.1 Å². The van der Waals surface area contributed by atoms with Crippen LogP contribution in [0, 0.1) is 5.92 Å². The highest BCUT2D eigenvalue weighted by molar-refractivity contribution is 5.77. The van der Waals surface area contributed by atoms with Gasteiger partial charge < -0.3 is 15.0 Å². The highest BCUT2D eigenvalue weighted by Crippen LogP contribution is 2.48. The number of ether oxygens (including phenoxy) is 1. The number of fused-ring (bicyclic) bond motifs is 2. The molecule has 0 aliphatic carbocycles. The first-order chi connectivity index (χ1) is 14.3. The fraction of sp³-hybridized carbons (Fsp3) is 0.500. The molecule has 6 heteroatoms. The van der Waals surface area contributed by atoms with Crippen LogP contribution in [0.4, 0.5) is 18.9 Å². The van der Waals surface area contributed by atoms with Gasteiger partial charge in [-0.15, -0.1) is 0 Å². The molecule has 0 spiro atoms. The lowest BCUT2D eigenvalue weighted by molar-refractivity contribution is -0.137. The molecule has 3 aliphatic heterocycles. The number of benzene rings is 2. The predicted octanol–water partition coefficient (Wildman–Crippen LogP) is 5.23. The molecule has 1 N–H and O–H groups in total. The smallest absolute Gasteiger partial charge is 0.417 e. The van der Waals surface area contributed by atoms with Gasteiger partial charge in [0.05, 0.1) is 11.7 Å². The second kappa shape index (κ2) is 7.19. The Bertz CT molecular complexity index is 970. The van der Waals surface area contributed by atoms with Gasteiger partial charge in [0.2, 0.25) is 0 Å². The highest BCUT2D eigenvalue weighted by Gasteiger charge is 2.40. The molecule has 5 rings (SSSR count). The molecule has 3 heterocycles. The molecule has 1 fully saturated rings. The zero-order valence-corrected chi connectivity index (χ0v) is 17.4. The first-order valence-electron chi connectivity index (χ1n) is 10.8. The Morgan fingerprint density at radius 3 is 2.73 bits per heavy atom. The van der Waals surface area contributed by atoms with Gasteiger partial charge >= 0.3 is 6.18 Å². The second-order valence-electron chi connectivity index (χ2n) is 9.02. The van der Waals surface area contributed by atoms with Crippen molar-refractivity contribution < 1.29 is 17.9 Å². The van der Waals surface area contributed by atoms with Gasteiger partial charge in [0.15, 0.2) is 0 Å². The predicted molar refractivity (Wildman–Crippen MR) is 112 cm³/mol. The monoisotopic (exact) mass is 416 g/mol. The van der Waals surface area contributed by atoms with E-state index in [-0.39, 0.29) is 17.4 Å². The van der Waals surface area contributed by atoms with E-state index in [0.29, 0.717) is 17.4 Å². The van der Waals surface area contributed by atoms with Crippen LogP contribution in [0.5, 0.6) is 5.75 Å². The molecule has 0 unspecified atom stereocenters. The highest BCUT2D eigenvalue weighted by atomic mass is 19.4. The van der Waals surface area contributed by atoms with Crippen molar-refractivity contribution in [3.05, 3.63) is 47.0 Å². The first-order valence-corrected chi connectivity index (χ1v) is 10.8. The Morgan fingerprint density at radius 1 is 1.13 bits per heavy atom. The third kappa shape index (κ3) is 3.35. The standard InChI is InChI=1S/C24H27F3N2O/c1-14(2)30-18-5-6-19(22(10-18)24(25,26)27)16-8-15-4-3-7-29-13-17-11-28-12-21(17)20(9-16)23(15)29/h5-6,8-10,14,17,21,28H,3-4,7,11-13H2,1-2H3/t17-,21+/m0/s1. The van der Waals surface area contributed by atoms with Crippen LogP contribution in [0.1, 0.15) is 42.9 Å². The van der Waals surface area contributed by atoms with Crippen LogP contribution in [0.15, 0.2) is 30.3 Å². The zero-order chi connectivity index (χ0) is 21.0. The molecule has 3 nitrogen and oxygen atoms in total. The van der Waals surface area contributed by atoms with Gasteiger partial charge in [-0.05, 0) is 79.1 Å². The Labute approximate surface area is 175 Å². The molecule has 0 aromatic heterocycles. The van der Waals surface area contributed by atoms with E-state index in [1.54, 1.807) is 12.1 Å². The molecule has 0 bridgehead atoms. The summed E-state index contributed by atoms with van der Waals surface area (Å²) >= 11 is 0. The number of hydrogen-bond donors (Lipinski definition) is 1. The van der Waals surface area contributed by atoms with Gasteiger partial charge in [0.1, 0.15) is 5.75 Å². The van der Waals surface area contributed by atoms with Gasteiger partial charge in [-0.2, -0.15) is 13.2 Å². The average Bonchev–Trinajstić information content (AvgIpc) is 3.15. The first kappa shape index (κ1) is 19.7. The molecule has 2 atom stereocenters. The summed E-state index contributed by atoms with van der Waals surface area (Å²) in [4.78, 5) is 2.45. The molecule has 0 saturated carbocycles. The topological polar surface area (TPSA) is 24.5 Å². The van der Waals surface area contributed by atoms with Crippen LogP contribution >= 0.6 is 0 Å². The van der Waals surface area contributed by atoms with Crippen molar-refractivity contribution in [2.24, 2.45) is 5.92 Å². The molecule has 0 amide bonds. The minimum atomic E-state index is -4.44. The summed E-state index contributed by atoms with van der Waals surface area (Å²) in [6.45, 7) is 7.60. The SMILES string of the molecule is CC(C)Oc1ccc(-c2cc3c4c(c2)[C@@H]2CNC[C@H]2CN4CCC3)c(C(F)(F)F)c1. The summed E-state index contributed by atoms with van der Waals surface area (Å²) in [5, 5.41) is 3.49. The average molecular weight is 416 g/mol. The minimum absolute atomic E-state index is 0.178. The summed E-state index contributed by atoms with van der Waals surface area (Å²) in [7, 11) is 0. The summed E-state index contributed by atoms with van der Waals surface area (Å²) in [5.41, 5.74) is 3.97. The Hall–Kier alpha value is -2.21. The Morgan fingerprint density at radius 2 is 1.97 bits per heavy atom. The van der Waals surface area contributed by atoms with Gasteiger partial charge in [0, 0.05) is 37.8 Å². The summed E-state index contributed by atoms with van der Waals surface area (Å²) in [5.74, 6) is 1.17. The Kier molecular flexibility index (Phi) is 4.73. The molecule has 3 aliphatic rings. The molecule has 2 aromatic carbocycles. The lowest BCUT2D eigenvalue weighted by atomic mass is 9.78. The molecule has 160 valence electrons. The van der Waals surface area contributed by atoms with Gasteiger partial charge in [-0.25, -0.2) is 0 Å². The number of halogens is 3. The third-order valence-electron chi connectivity index (χ3n) is 6.58. The number of aryl methyl sites for hydroxylation is 1. The van der Waals surface area contributed by atoms with E-state index in [1.807, 2.05) is 26.0 Å².